The number of rotatable bonds is 3. The summed E-state index contributed by atoms with van der Waals surface area (Å²) in [5.74, 6) is -1.75. The first-order valence-electron chi connectivity index (χ1n) is 7.99. The quantitative estimate of drug-likeness (QED) is 0.842. The standard InChI is InChI=1S/C15H25F3N2O/c16-15(17,18)12-6-3-5-10(8-12)14(21)20-13-7-2-1-4-11(13)9-19/h10-13H,1-9,19H2,(H,20,21). The molecular formula is C15H25F3N2O. The van der Waals surface area contributed by atoms with Crippen molar-refractivity contribution in [3.05, 3.63) is 0 Å². The topological polar surface area (TPSA) is 55.1 Å². The van der Waals surface area contributed by atoms with Gasteiger partial charge in [-0.05, 0) is 44.6 Å². The first kappa shape index (κ1) is 16.6. The predicted molar refractivity (Wildman–Crippen MR) is 74.4 cm³/mol. The Hall–Kier alpha value is -0.780. The van der Waals surface area contributed by atoms with Crippen LogP contribution in [-0.2, 0) is 4.79 Å². The summed E-state index contributed by atoms with van der Waals surface area (Å²) >= 11 is 0. The Morgan fingerprint density at radius 3 is 2.48 bits per heavy atom. The number of hydrogen-bond acceptors (Lipinski definition) is 2. The highest BCUT2D eigenvalue weighted by Crippen LogP contribution is 2.40. The van der Waals surface area contributed by atoms with Crippen molar-refractivity contribution in [3.8, 4) is 0 Å². The van der Waals surface area contributed by atoms with Crippen molar-refractivity contribution in [2.24, 2.45) is 23.5 Å². The Bertz CT molecular complexity index is 359. The molecule has 2 aliphatic rings. The molecule has 2 aliphatic carbocycles. The van der Waals surface area contributed by atoms with Crippen molar-refractivity contribution in [2.45, 2.75) is 63.6 Å². The van der Waals surface area contributed by atoms with Crippen LogP contribution < -0.4 is 11.1 Å². The van der Waals surface area contributed by atoms with Gasteiger partial charge in [0.15, 0.2) is 0 Å². The maximum atomic E-state index is 12.8. The van der Waals surface area contributed by atoms with Crippen molar-refractivity contribution < 1.29 is 18.0 Å². The van der Waals surface area contributed by atoms with Crippen molar-refractivity contribution in [3.63, 3.8) is 0 Å². The van der Waals surface area contributed by atoms with E-state index in [-0.39, 0.29) is 30.7 Å². The third-order valence-electron chi connectivity index (χ3n) is 5.05. The number of hydrogen-bond donors (Lipinski definition) is 2. The van der Waals surface area contributed by atoms with E-state index in [2.05, 4.69) is 5.32 Å². The van der Waals surface area contributed by atoms with Crippen LogP contribution >= 0.6 is 0 Å². The van der Waals surface area contributed by atoms with Crippen LogP contribution in [0.1, 0.15) is 51.4 Å². The van der Waals surface area contributed by atoms with Crippen molar-refractivity contribution >= 4 is 5.91 Å². The molecule has 0 aromatic carbocycles. The van der Waals surface area contributed by atoms with Crippen LogP contribution in [0.5, 0.6) is 0 Å². The number of nitrogens with two attached hydrogens (primary N) is 1. The Morgan fingerprint density at radius 2 is 1.81 bits per heavy atom. The van der Waals surface area contributed by atoms with Gasteiger partial charge in [-0.2, -0.15) is 13.2 Å². The summed E-state index contributed by atoms with van der Waals surface area (Å²) in [4.78, 5) is 12.3. The second-order valence-corrected chi connectivity index (χ2v) is 6.50. The number of amides is 1. The Labute approximate surface area is 123 Å². The molecule has 1 amide bonds. The highest BCUT2D eigenvalue weighted by molar-refractivity contribution is 5.79. The van der Waals surface area contributed by atoms with E-state index < -0.39 is 18.0 Å². The summed E-state index contributed by atoms with van der Waals surface area (Å²) in [7, 11) is 0. The van der Waals surface area contributed by atoms with Gasteiger partial charge in [0.05, 0.1) is 5.92 Å². The first-order chi connectivity index (χ1) is 9.91. The molecule has 6 heteroatoms. The lowest BCUT2D eigenvalue weighted by Crippen LogP contribution is -2.47. The molecule has 3 N–H and O–H groups in total. The minimum Gasteiger partial charge on any atom is -0.353 e. The van der Waals surface area contributed by atoms with Crippen molar-refractivity contribution in [1.82, 2.24) is 5.32 Å². The molecule has 0 radical (unpaired) electrons. The summed E-state index contributed by atoms with van der Waals surface area (Å²) in [5, 5.41) is 2.98. The highest BCUT2D eigenvalue weighted by Gasteiger charge is 2.43. The molecule has 0 bridgehead atoms. The maximum absolute atomic E-state index is 12.8. The molecule has 2 fully saturated rings. The van der Waals surface area contributed by atoms with E-state index >= 15 is 0 Å². The zero-order valence-corrected chi connectivity index (χ0v) is 12.3. The summed E-state index contributed by atoms with van der Waals surface area (Å²) in [6.45, 7) is 0.529. The third-order valence-corrected chi connectivity index (χ3v) is 5.05. The molecule has 0 spiro atoms. The van der Waals surface area contributed by atoms with Crippen molar-refractivity contribution in [2.75, 3.05) is 6.54 Å². The van der Waals surface area contributed by atoms with Crippen LogP contribution in [0, 0.1) is 17.8 Å². The Morgan fingerprint density at radius 1 is 1.10 bits per heavy atom. The van der Waals surface area contributed by atoms with E-state index in [1.165, 1.54) is 0 Å². The Kier molecular flexibility index (Phi) is 5.52. The van der Waals surface area contributed by atoms with Gasteiger partial charge < -0.3 is 11.1 Å². The smallest absolute Gasteiger partial charge is 0.353 e. The lowest BCUT2D eigenvalue weighted by Gasteiger charge is -2.34. The van der Waals surface area contributed by atoms with Gasteiger partial charge in [0.2, 0.25) is 5.91 Å². The van der Waals surface area contributed by atoms with Crippen LogP contribution in [0.25, 0.3) is 0 Å². The van der Waals surface area contributed by atoms with E-state index in [4.69, 9.17) is 5.73 Å². The van der Waals surface area contributed by atoms with Gasteiger partial charge in [-0.3, -0.25) is 4.79 Å². The molecule has 3 nitrogen and oxygen atoms in total. The fraction of sp³-hybridized carbons (Fsp3) is 0.933. The predicted octanol–water partition coefficient (Wildman–Crippen LogP) is 2.99. The van der Waals surface area contributed by atoms with E-state index in [1.807, 2.05) is 0 Å². The normalized spacial score (nSPS) is 34.5. The van der Waals surface area contributed by atoms with E-state index in [0.29, 0.717) is 19.4 Å². The minimum atomic E-state index is -4.18. The lowest BCUT2D eigenvalue weighted by atomic mass is 9.79. The molecule has 122 valence electrons. The summed E-state index contributed by atoms with van der Waals surface area (Å²) in [6, 6.07) is 0.0440. The van der Waals surface area contributed by atoms with E-state index in [1.54, 1.807) is 0 Å². The number of nitrogens with one attached hydrogen (secondary N) is 1. The fourth-order valence-corrected chi connectivity index (χ4v) is 3.71. The van der Waals surface area contributed by atoms with E-state index in [9.17, 15) is 18.0 Å². The Balaban J connectivity index is 1.90. The molecular weight excluding hydrogens is 281 g/mol. The zero-order chi connectivity index (χ0) is 15.5. The SMILES string of the molecule is NCC1CCCCC1NC(=O)C1CCCC(C(F)(F)F)C1. The van der Waals surface area contributed by atoms with Gasteiger partial charge in [-0.25, -0.2) is 0 Å². The number of carbonyl (C=O) groups excluding carboxylic acids is 1. The zero-order valence-electron chi connectivity index (χ0n) is 12.3. The summed E-state index contributed by atoms with van der Waals surface area (Å²) in [5.41, 5.74) is 5.73. The minimum absolute atomic E-state index is 0.0440. The molecule has 0 aromatic rings. The van der Waals surface area contributed by atoms with E-state index in [0.717, 1.165) is 25.7 Å². The van der Waals surface area contributed by atoms with Crippen molar-refractivity contribution in [1.29, 1.82) is 0 Å². The van der Waals surface area contributed by atoms with Gasteiger partial charge in [-0.1, -0.05) is 19.3 Å². The van der Waals surface area contributed by atoms with Crippen LogP contribution in [-0.4, -0.2) is 24.7 Å². The highest BCUT2D eigenvalue weighted by atomic mass is 19.4. The molecule has 4 atom stereocenters. The van der Waals surface area contributed by atoms with Crippen LogP contribution in [0.3, 0.4) is 0 Å². The molecule has 4 unspecified atom stereocenters. The molecule has 0 saturated heterocycles. The summed E-state index contributed by atoms with van der Waals surface area (Å²) < 4.78 is 38.4. The molecule has 0 aliphatic heterocycles. The molecule has 21 heavy (non-hydrogen) atoms. The van der Waals surface area contributed by atoms with Gasteiger partial charge in [0.1, 0.15) is 0 Å². The monoisotopic (exact) mass is 306 g/mol. The van der Waals surface area contributed by atoms with Crippen LogP contribution in [0.2, 0.25) is 0 Å². The first-order valence-corrected chi connectivity index (χ1v) is 7.99. The number of halogens is 3. The van der Waals surface area contributed by atoms with Crippen LogP contribution in [0.4, 0.5) is 13.2 Å². The second-order valence-electron chi connectivity index (χ2n) is 6.50. The fourth-order valence-electron chi connectivity index (χ4n) is 3.71. The van der Waals surface area contributed by atoms with Gasteiger partial charge in [-0.15, -0.1) is 0 Å². The number of alkyl halides is 3. The molecule has 2 saturated carbocycles. The number of carbonyl (C=O) groups is 1. The average molecular weight is 306 g/mol. The lowest BCUT2D eigenvalue weighted by molar-refractivity contribution is -0.186. The second kappa shape index (κ2) is 6.99. The largest absolute Gasteiger partial charge is 0.391 e. The molecule has 2 rings (SSSR count). The average Bonchev–Trinajstić information content (AvgIpc) is 2.47. The van der Waals surface area contributed by atoms with Crippen LogP contribution in [0.15, 0.2) is 0 Å². The van der Waals surface area contributed by atoms with Gasteiger partial charge >= 0.3 is 6.18 Å². The summed E-state index contributed by atoms with van der Waals surface area (Å²) in [6.07, 6.45) is 1.03. The molecule has 0 heterocycles. The van der Waals surface area contributed by atoms with Gasteiger partial charge in [0.25, 0.3) is 0 Å². The third kappa shape index (κ3) is 4.34. The van der Waals surface area contributed by atoms with Gasteiger partial charge in [0, 0.05) is 12.0 Å². The maximum Gasteiger partial charge on any atom is 0.391 e. The molecule has 0 aromatic heterocycles.